The van der Waals surface area contributed by atoms with Crippen LogP contribution in [0.15, 0.2) is 24.3 Å². The van der Waals surface area contributed by atoms with Crippen molar-refractivity contribution in [1.82, 2.24) is 5.32 Å². The van der Waals surface area contributed by atoms with Crippen LogP contribution in [0.2, 0.25) is 0 Å². The van der Waals surface area contributed by atoms with Crippen LogP contribution in [0.3, 0.4) is 0 Å². The van der Waals surface area contributed by atoms with E-state index in [2.05, 4.69) is 43.5 Å². The van der Waals surface area contributed by atoms with Crippen molar-refractivity contribution in [3.8, 4) is 0 Å². The summed E-state index contributed by atoms with van der Waals surface area (Å²) in [6.07, 6.45) is 69.8. The molecule has 4 unspecified atom stereocenters. The first-order valence-electron chi connectivity index (χ1n) is 30.7. The number of hydrogen-bond donors (Lipinski definition) is 5. The fraction of sp³-hybridized carbons (Fsp3) is 0.919. The average molecular weight is 961 g/mol. The fourth-order valence-corrected chi connectivity index (χ4v) is 9.85. The Bertz CT molecular complexity index is 1030. The third kappa shape index (κ3) is 49.8. The van der Waals surface area contributed by atoms with Gasteiger partial charge in [-0.1, -0.05) is 314 Å². The highest BCUT2D eigenvalue weighted by Crippen LogP contribution is 2.19. The molecule has 0 radical (unpaired) electrons. The zero-order chi connectivity index (χ0) is 49.5. The van der Waals surface area contributed by atoms with E-state index in [1.165, 1.54) is 263 Å². The van der Waals surface area contributed by atoms with Gasteiger partial charge in [-0.25, -0.2) is 0 Å². The molecule has 5 N–H and O–H groups in total. The van der Waals surface area contributed by atoms with Gasteiger partial charge in [-0.05, 0) is 44.9 Å². The molecule has 6 heteroatoms. The van der Waals surface area contributed by atoms with Gasteiger partial charge in [-0.2, -0.15) is 0 Å². The Kier molecular flexibility index (Phi) is 55.7. The SMILES string of the molecule is CCCCCCCCCCCCC/C=C\C/C=C\CCCCCCCCCCCCCCCCCCC(O)C(=O)NC(CO)C(O)C(O)CCCCCCCCCCCCCCCCCCCC. The number of aliphatic hydroxyl groups is 4. The van der Waals surface area contributed by atoms with E-state index < -0.39 is 36.9 Å². The van der Waals surface area contributed by atoms with Crippen LogP contribution in [0.25, 0.3) is 0 Å². The molecule has 404 valence electrons. The summed E-state index contributed by atoms with van der Waals surface area (Å²) in [5.74, 6) is -0.578. The van der Waals surface area contributed by atoms with E-state index in [9.17, 15) is 25.2 Å². The second-order valence-corrected chi connectivity index (χ2v) is 21.4. The van der Waals surface area contributed by atoms with Crippen LogP contribution in [-0.2, 0) is 4.79 Å². The molecule has 6 nitrogen and oxygen atoms in total. The van der Waals surface area contributed by atoms with Crippen LogP contribution in [0.4, 0.5) is 0 Å². The van der Waals surface area contributed by atoms with E-state index in [0.717, 1.165) is 44.9 Å². The van der Waals surface area contributed by atoms with Gasteiger partial charge in [-0.3, -0.25) is 4.79 Å². The highest BCUT2D eigenvalue weighted by Gasteiger charge is 2.28. The first-order chi connectivity index (χ1) is 33.5. The third-order valence-electron chi connectivity index (χ3n) is 14.7. The second-order valence-electron chi connectivity index (χ2n) is 21.4. The third-order valence-corrected chi connectivity index (χ3v) is 14.7. The van der Waals surface area contributed by atoms with Crippen molar-refractivity contribution in [2.75, 3.05) is 6.61 Å². The first kappa shape index (κ1) is 66.8. The van der Waals surface area contributed by atoms with E-state index >= 15 is 0 Å². The second kappa shape index (κ2) is 56.7. The molecule has 0 fully saturated rings. The Hall–Kier alpha value is -1.21. The Morgan fingerprint density at radius 3 is 0.926 bits per heavy atom. The minimum absolute atomic E-state index is 0.372. The Balaban J connectivity index is 3.56. The topological polar surface area (TPSA) is 110 Å². The first-order valence-corrected chi connectivity index (χ1v) is 30.7. The Labute approximate surface area is 425 Å². The summed E-state index contributed by atoms with van der Waals surface area (Å²) in [5, 5.41) is 44.1. The molecule has 0 aromatic carbocycles. The number of rotatable bonds is 57. The van der Waals surface area contributed by atoms with Crippen molar-refractivity contribution < 1.29 is 25.2 Å². The molecular formula is C62H121NO5. The van der Waals surface area contributed by atoms with Crippen molar-refractivity contribution in [2.45, 2.75) is 359 Å². The summed E-state index contributed by atoms with van der Waals surface area (Å²) in [5.41, 5.74) is 0. The van der Waals surface area contributed by atoms with Crippen molar-refractivity contribution >= 4 is 5.91 Å². The maximum absolute atomic E-state index is 12.6. The lowest BCUT2D eigenvalue weighted by molar-refractivity contribution is -0.132. The van der Waals surface area contributed by atoms with Gasteiger partial charge in [0.25, 0.3) is 0 Å². The van der Waals surface area contributed by atoms with Crippen LogP contribution >= 0.6 is 0 Å². The van der Waals surface area contributed by atoms with E-state index in [1.807, 2.05) is 0 Å². The van der Waals surface area contributed by atoms with Crippen molar-refractivity contribution in [3.63, 3.8) is 0 Å². The molecular weight excluding hydrogens is 839 g/mol. The normalized spacial score (nSPS) is 13.8. The number of carbonyl (C=O) groups is 1. The smallest absolute Gasteiger partial charge is 0.249 e. The van der Waals surface area contributed by atoms with Gasteiger partial charge in [0.2, 0.25) is 5.91 Å². The lowest BCUT2D eigenvalue weighted by atomic mass is 9.99. The molecule has 1 amide bonds. The lowest BCUT2D eigenvalue weighted by Crippen LogP contribution is -2.53. The standard InChI is InChI=1S/C62H121NO5/c1-3-5-7-9-11-13-15-17-19-21-23-24-25-26-27-28-29-30-31-32-33-34-35-36-37-38-40-42-44-46-48-50-52-54-56-60(66)62(68)63-58(57-64)61(67)59(65)55-53-51-49-47-45-43-41-39-22-20-18-16-14-12-10-8-6-4-2/h25-26,28-29,58-61,64-67H,3-24,27,30-57H2,1-2H3,(H,63,68)/b26-25-,29-28-. The van der Waals surface area contributed by atoms with Crippen LogP contribution in [0, 0.1) is 0 Å². The molecule has 0 aromatic heterocycles. The minimum Gasteiger partial charge on any atom is -0.394 e. The number of carbonyl (C=O) groups excluding carboxylic acids is 1. The molecule has 0 aliphatic rings. The monoisotopic (exact) mass is 960 g/mol. The Morgan fingerprint density at radius 2 is 0.632 bits per heavy atom. The number of nitrogens with one attached hydrogen (secondary N) is 1. The summed E-state index contributed by atoms with van der Waals surface area (Å²) in [7, 11) is 0. The maximum atomic E-state index is 12.6. The van der Waals surface area contributed by atoms with Gasteiger partial charge in [0.15, 0.2) is 0 Å². The van der Waals surface area contributed by atoms with E-state index in [-0.39, 0.29) is 0 Å². The maximum Gasteiger partial charge on any atom is 0.249 e. The molecule has 0 aliphatic heterocycles. The average Bonchev–Trinajstić information content (AvgIpc) is 3.34. The molecule has 0 saturated heterocycles. The van der Waals surface area contributed by atoms with E-state index in [0.29, 0.717) is 12.8 Å². The summed E-state index contributed by atoms with van der Waals surface area (Å²) in [4.78, 5) is 12.6. The Morgan fingerprint density at radius 1 is 0.368 bits per heavy atom. The van der Waals surface area contributed by atoms with Gasteiger partial charge in [-0.15, -0.1) is 0 Å². The number of aliphatic hydroxyl groups excluding tert-OH is 4. The van der Waals surface area contributed by atoms with Gasteiger partial charge in [0, 0.05) is 0 Å². The highest BCUT2D eigenvalue weighted by molar-refractivity contribution is 5.80. The molecule has 0 bridgehead atoms. The van der Waals surface area contributed by atoms with E-state index in [4.69, 9.17) is 0 Å². The lowest BCUT2D eigenvalue weighted by Gasteiger charge is -2.27. The minimum atomic E-state index is -1.26. The zero-order valence-corrected chi connectivity index (χ0v) is 45.9. The van der Waals surface area contributed by atoms with E-state index in [1.54, 1.807) is 0 Å². The number of hydrogen-bond acceptors (Lipinski definition) is 5. The molecule has 0 heterocycles. The summed E-state index contributed by atoms with van der Waals surface area (Å²) in [6, 6.07) is -0.984. The van der Waals surface area contributed by atoms with Gasteiger partial charge in [0.05, 0.1) is 18.8 Å². The molecule has 68 heavy (non-hydrogen) atoms. The van der Waals surface area contributed by atoms with Crippen LogP contribution in [-0.4, -0.2) is 57.3 Å². The predicted octanol–water partition coefficient (Wildman–Crippen LogP) is 18.2. The van der Waals surface area contributed by atoms with Crippen LogP contribution in [0.5, 0.6) is 0 Å². The summed E-state index contributed by atoms with van der Waals surface area (Å²) >= 11 is 0. The quantitative estimate of drug-likeness (QED) is 0.0308. The highest BCUT2D eigenvalue weighted by atomic mass is 16.3. The zero-order valence-electron chi connectivity index (χ0n) is 45.9. The van der Waals surface area contributed by atoms with Crippen LogP contribution < -0.4 is 5.32 Å². The van der Waals surface area contributed by atoms with Crippen molar-refractivity contribution in [3.05, 3.63) is 24.3 Å². The number of unbranched alkanes of at least 4 members (excludes halogenated alkanes) is 44. The molecule has 0 spiro atoms. The fourth-order valence-electron chi connectivity index (χ4n) is 9.85. The van der Waals surface area contributed by atoms with Crippen molar-refractivity contribution in [1.29, 1.82) is 0 Å². The number of amides is 1. The summed E-state index contributed by atoms with van der Waals surface area (Å²) in [6.45, 7) is 4.09. The molecule has 0 saturated carbocycles. The molecule has 4 atom stereocenters. The molecule has 0 aromatic rings. The van der Waals surface area contributed by atoms with Gasteiger partial charge >= 0.3 is 0 Å². The largest absolute Gasteiger partial charge is 0.394 e. The summed E-state index contributed by atoms with van der Waals surface area (Å²) < 4.78 is 0. The van der Waals surface area contributed by atoms with Crippen molar-refractivity contribution in [2.24, 2.45) is 0 Å². The molecule has 0 aliphatic carbocycles. The van der Waals surface area contributed by atoms with Gasteiger partial charge in [0.1, 0.15) is 12.2 Å². The van der Waals surface area contributed by atoms with Crippen LogP contribution in [0.1, 0.15) is 335 Å². The predicted molar refractivity (Wildman–Crippen MR) is 298 cm³/mol. The van der Waals surface area contributed by atoms with Gasteiger partial charge < -0.3 is 25.7 Å². The number of allylic oxidation sites excluding steroid dienone is 4. The molecule has 0 rings (SSSR count).